The van der Waals surface area contributed by atoms with Crippen LogP contribution in [0.4, 0.5) is 5.69 Å². The van der Waals surface area contributed by atoms with Crippen LogP contribution in [0, 0.1) is 6.92 Å². The smallest absolute Gasteiger partial charge is 0.283 e. The average Bonchev–Trinajstić information content (AvgIpc) is 2.53. The van der Waals surface area contributed by atoms with Gasteiger partial charge in [0.2, 0.25) is 0 Å². The van der Waals surface area contributed by atoms with E-state index in [1.807, 2.05) is 10.8 Å². The van der Waals surface area contributed by atoms with Gasteiger partial charge in [0, 0.05) is 7.05 Å². The number of anilines is 1. The number of benzene rings is 1. The van der Waals surface area contributed by atoms with Crippen LogP contribution in [-0.4, -0.2) is 17.8 Å². The molecule has 102 valence electrons. The third-order valence-electron chi connectivity index (χ3n) is 2.80. The molecule has 0 radical (unpaired) electrons. The Labute approximate surface area is 110 Å². The Morgan fingerprint density at radius 3 is 2.32 bits per heavy atom. The van der Waals surface area contributed by atoms with Crippen LogP contribution < -0.4 is 15.4 Å². The zero-order valence-electron chi connectivity index (χ0n) is 10.5. The van der Waals surface area contributed by atoms with E-state index in [2.05, 4.69) is 0 Å². The molecule has 0 aliphatic rings. The van der Waals surface area contributed by atoms with E-state index in [-0.39, 0.29) is 5.69 Å². The van der Waals surface area contributed by atoms with Crippen molar-refractivity contribution in [2.24, 2.45) is 12.2 Å². The maximum absolute atomic E-state index is 12.2. The Hall–Kier alpha value is -2.06. The van der Waals surface area contributed by atoms with Crippen molar-refractivity contribution >= 4 is 15.9 Å². The molecule has 2 aromatic rings. The van der Waals surface area contributed by atoms with Crippen LogP contribution in [-0.2, 0) is 17.3 Å². The number of rotatable bonds is 3. The van der Waals surface area contributed by atoms with Crippen LogP contribution in [0.3, 0.4) is 0 Å². The zero-order valence-corrected chi connectivity index (χ0v) is 11.3. The fourth-order valence-electron chi connectivity index (χ4n) is 1.83. The fourth-order valence-corrected chi connectivity index (χ4v) is 2.35. The second-order valence-electron chi connectivity index (χ2n) is 4.08. The molecule has 2 rings (SSSR count). The lowest BCUT2D eigenvalue weighted by Gasteiger charge is -2.07. The molecule has 0 fully saturated rings. The monoisotopic (exact) mass is 282 g/mol. The van der Waals surface area contributed by atoms with Gasteiger partial charge < -0.3 is 0 Å². The maximum Gasteiger partial charge on any atom is 0.296 e. The standard InChI is InChI=1S/C11H14N4O3S/c1-8-10(13-19(12,17)18)11(16)15(14(8)2)9-6-4-3-5-7-9/h3-7,13H,1-2H3,(H2,12,17,18). The van der Waals surface area contributed by atoms with E-state index in [0.717, 1.165) is 0 Å². The van der Waals surface area contributed by atoms with Gasteiger partial charge in [-0.25, -0.2) is 9.82 Å². The molecule has 1 heterocycles. The summed E-state index contributed by atoms with van der Waals surface area (Å²) in [6, 6.07) is 8.91. The first kappa shape index (κ1) is 13.4. The molecule has 1 aromatic heterocycles. The van der Waals surface area contributed by atoms with Crippen LogP contribution in [0.15, 0.2) is 35.1 Å². The predicted molar refractivity (Wildman–Crippen MR) is 72.5 cm³/mol. The summed E-state index contributed by atoms with van der Waals surface area (Å²) in [5.74, 6) is 0. The van der Waals surface area contributed by atoms with Crippen LogP contribution in [0.2, 0.25) is 0 Å². The molecule has 0 saturated heterocycles. The summed E-state index contributed by atoms with van der Waals surface area (Å²) in [4.78, 5) is 12.2. The lowest BCUT2D eigenvalue weighted by Crippen LogP contribution is -2.26. The first-order valence-corrected chi connectivity index (χ1v) is 7.00. The highest BCUT2D eigenvalue weighted by molar-refractivity contribution is 7.90. The van der Waals surface area contributed by atoms with Crippen molar-refractivity contribution in [1.29, 1.82) is 0 Å². The number of nitrogens with zero attached hydrogens (tertiary/aromatic N) is 2. The van der Waals surface area contributed by atoms with Gasteiger partial charge in [0.05, 0.1) is 11.4 Å². The Kier molecular flexibility index (Phi) is 3.21. The molecule has 3 N–H and O–H groups in total. The topological polar surface area (TPSA) is 99.1 Å². The maximum atomic E-state index is 12.2. The van der Waals surface area contributed by atoms with Gasteiger partial charge in [-0.1, -0.05) is 18.2 Å². The fraction of sp³-hybridized carbons (Fsp3) is 0.182. The van der Waals surface area contributed by atoms with Gasteiger partial charge >= 0.3 is 0 Å². The minimum absolute atomic E-state index is 0.0474. The van der Waals surface area contributed by atoms with E-state index >= 15 is 0 Å². The molecule has 8 heteroatoms. The molecule has 0 atom stereocenters. The highest BCUT2D eigenvalue weighted by Gasteiger charge is 2.18. The van der Waals surface area contributed by atoms with Gasteiger partial charge in [0.15, 0.2) is 0 Å². The molecule has 0 aliphatic heterocycles. The summed E-state index contributed by atoms with van der Waals surface area (Å²) in [6.07, 6.45) is 0. The number of para-hydroxylation sites is 1. The zero-order chi connectivity index (χ0) is 14.2. The normalized spacial score (nSPS) is 11.5. The SMILES string of the molecule is Cc1c(NS(N)(=O)=O)c(=O)n(-c2ccccc2)n1C. The van der Waals surface area contributed by atoms with Gasteiger partial charge in [0.1, 0.15) is 5.69 Å². The van der Waals surface area contributed by atoms with Gasteiger partial charge in [-0.15, -0.1) is 0 Å². The van der Waals surface area contributed by atoms with Crippen molar-refractivity contribution < 1.29 is 8.42 Å². The first-order valence-electron chi connectivity index (χ1n) is 5.46. The molecule has 1 aromatic carbocycles. The summed E-state index contributed by atoms with van der Waals surface area (Å²) in [5.41, 5.74) is 0.595. The van der Waals surface area contributed by atoms with Crippen molar-refractivity contribution in [3.05, 3.63) is 46.4 Å². The quantitative estimate of drug-likeness (QED) is 0.835. The molecule has 0 bridgehead atoms. The lowest BCUT2D eigenvalue weighted by molar-refractivity contribution is 0.603. The molecule has 0 unspecified atom stereocenters. The molecule has 0 spiro atoms. The third-order valence-corrected chi connectivity index (χ3v) is 3.29. The van der Waals surface area contributed by atoms with E-state index in [1.165, 1.54) is 4.68 Å². The summed E-state index contributed by atoms with van der Waals surface area (Å²) in [6.45, 7) is 1.63. The Bertz CT molecular complexity index is 759. The van der Waals surface area contributed by atoms with E-state index in [1.54, 1.807) is 42.9 Å². The highest BCUT2D eigenvalue weighted by atomic mass is 32.2. The molecular formula is C11H14N4O3S. The van der Waals surface area contributed by atoms with Crippen molar-refractivity contribution in [1.82, 2.24) is 9.36 Å². The average molecular weight is 282 g/mol. The third kappa shape index (κ3) is 2.54. The number of aromatic nitrogens is 2. The Morgan fingerprint density at radius 2 is 1.79 bits per heavy atom. The summed E-state index contributed by atoms with van der Waals surface area (Å²) in [5, 5.41) is 4.91. The molecule has 19 heavy (non-hydrogen) atoms. The van der Waals surface area contributed by atoms with E-state index in [4.69, 9.17) is 5.14 Å². The van der Waals surface area contributed by atoms with Crippen LogP contribution in [0.5, 0.6) is 0 Å². The molecular weight excluding hydrogens is 268 g/mol. The van der Waals surface area contributed by atoms with Gasteiger partial charge in [-0.05, 0) is 19.1 Å². The second-order valence-corrected chi connectivity index (χ2v) is 5.38. The van der Waals surface area contributed by atoms with Gasteiger partial charge in [-0.2, -0.15) is 8.42 Å². The number of nitrogens with two attached hydrogens (primary N) is 1. The molecule has 7 nitrogen and oxygen atoms in total. The largest absolute Gasteiger partial charge is 0.296 e. The summed E-state index contributed by atoms with van der Waals surface area (Å²) in [7, 11) is -2.32. The number of nitrogens with one attached hydrogen (secondary N) is 1. The summed E-state index contributed by atoms with van der Waals surface area (Å²) >= 11 is 0. The number of hydrogen-bond donors (Lipinski definition) is 2. The van der Waals surface area contributed by atoms with E-state index in [0.29, 0.717) is 11.4 Å². The van der Waals surface area contributed by atoms with Crippen LogP contribution in [0.25, 0.3) is 5.69 Å². The second kappa shape index (κ2) is 4.56. The predicted octanol–water partition coefficient (Wildman–Crippen LogP) is 0.0998. The molecule has 0 amide bonds. The molecule has 0 saturated carbocycles. The van der Waals surface area contributed by atoms with Crippen LogP contribution >= 0.6 is 0 Å². The minimum Gasteiger partial charge on any atom is -0.283 e. The summed E-state index contributed by atoms with van der Waals surface area (Å²) < 4.78 is 27.1. The van der Waals surface area contributed by atoms with E-state index < -0.39 is 15.8 Å². The van der Waals surface area contributed by atoms with Crippen molar-refractivity contribution in [2.75, 3.05) is 4.72 Å². The first-order chi connectivity index (χ1) is 8.81. The van der Waals surface area contributed by atoms with Gasteiger partial charge in [0.25, 0.3) is 15.8 Å². The highest BCUT2D eigenvalue weighted by Crippen LogP contribution is 2.14. The van der Waals surface area contributed by atoms with Crippen molar-refractivity contribution in [3.8, 4) is 5.69 Å². The minimum atomic E-state index is -3.98. The van der Waals surface area contributed by atoms with Crippen molar-refractivity contribution in [3.63, 3.8) is 0 Å². The number of hydrogen-bond acceptors (Lipinski definition) is 3. The van der Waals surface area contributed by atoms with E-state index in [9.17, 15) is 13.2 Å². The molecule has 0 aliphatic carbocycles. The van der Waals surface area contributed by atoms with Gasteiger partial charge in [-0.3, -0.25) is 14.2 Å². The van der Waals surface area contributed by atoms with Crippen molar-refractivity contribution in [2.45, 2.75) is 6.92 Å². The Balaban J connectivity index is 2.67. The lowest BCUT2D eigenvalue weighted by atomic mass is 10.3. The van der Waals surface area contributed by atoms with Crippen LogP contribution in [0.1, 0.15) is 5.69 Å². The Morgan fingerprint density at radius 1 is 1.21 bits per heavy atom.